The van der Waals surface area contributed by atoms with E-state index in [4.69, 9.17) is 0 Å². The predicted octanol–water partition coefficient (Wildman–Crippen LogP) is 2.53. The Labute approximate surface area is 144 Å². The van der Waals surface area contributed by atoms with Crippen LogP contribution in [0.15, 0.2) is 42.6 Å². The summed E-state index contributed by atoms with van der Waals surface area (Å²) in [5.74, 6) is 0.834. The van der Waals surface area contributed by atoms with Crippen LogP contribution in [0, 0.1) is 13.8 Å². The van der Waals surface area contributed by atoms with Gasteiger partial charge in [-0.15, -0.1) is 0 Å². The maximum atomic E-state index is 12.6. The van der Waals surface area contributed by atoms with Gasteiger partial charge < -0.3 is 10.6 Å². The SMILES string of the molecule is Cc1ccnc(NCCNC(=O)C(c2ccccc2C)N(C)C)c1. The van der Waals surface area contributed by atoms with Crippen molar-refractivity contribution in [2.75, 3.05) is 32.5 Å². The Morgan fingerprint density at radius 3 is 2.58 bits per heavy atom. The first kappa shape index (κ1) is 17.9. The lowest BCUT2D eigenvalue weighted by Gasteiger charge is -2.25. The number of hydrogen-bond donors (Lipinski definition) is 2. The van der Waals surface area contributed by atoms with Crippen LogP contribution < -0.4 is 10.6 Å². The van der Waals surface area contributed by atoms with E-state index in [2.05, 4.69) is 15.6 Å². The normalized spacial score (nSPS) is 12.0. The van der Waals surface area contributed by atoms with Crippen LogP contribution in [-0.2, 0) is 4.79 Å². The predicted molar refractivity (Wildman–Crippen MR) is 98.1 cm³/mol. The second-order valence-electron chi connectivity index (χ2n) is 6.16. The molecule has 0 saturated heterocycles. The molecular formula is C19H26N4O. The molecule has 1 aromatic carbocycles. The smallest absolute Gasteiger partial charge is 0.242 e. The van der Waals surface area contributed by atoms with E-state index in [1.165, 1.54) is 0 Å². The van der Waals surface area contributed by atoms with Gasteiger partial charge in [-0.3, -0.25) is 9.69 Å². The molecule has 0 spiro atoms. The first-order valence-corrected chi connectivity index (χ1v) is 8.15. The van der Waals surface area contributed by atoms with E-state index >= 15 is 0 Å². The fourth-order valence-corrected chi connectivity index (χ4v) is 2.65. The zero-order valence-corrected chi connectivity index (χ0v) is 14.8. The van der Waals surface area contributed by atoms with Crippen LogP contribution in [0.1, 0.15) is 22.7 Å². The molecule has 0 radical (unpaired) electrons. The van der Waals surface area contributed by atoms with Gasteiger partial charge in [-0.05, 0) is 56.8 Å². The summed E-state index contributed by atoms with van der Waals surface area (Å²) in [7, 11) is 3.84. The molecule has 5 nitrogen and oxygen atoms in total. The zero-order chi connectivity index (χ0) is 17.5. The number of rotatable bonds is 7. The fraction of sp³-hybridized carbons (Fsp3) is 0.368. The van der Waals surface area contributed by atoms with Crippen LogP contribution in [0.4, 0.5) is 5.82 Å². The lowest BCUT2D eigenvalue weighted by atomic mass is 10.00. The Hall–Kier alpha value is -2.40. The topological polar surface area (TPSA) is 57.3 Å². The van der Waals surface area contributed by atoms with Crippen molar-refractivity contribution in [3.8, 4) is 0 Å². The number of pyridine rings is 1. The fourth-order valence-electron chi connectivity index (χ4n) is 2.65. The van der Waals surface area contributed by atoms with Crippen molar-refractivity contribution in [3.63, 3.8) is 0 Å². The maximum Gasteiger partial charge on any atom is 0.242 e. The molecule has 0 aliphatic carbocycles. The third-order valence-electron chi connectivity index (χ3n) is 3.89. The number of amides is 1. The van der Waals surface area contributed by atoms with Crippen LogP contribution in [-0.4, -0.2) is 43.0 Å². The molecule has 0 aliphatic rings. The summed E-state index contributed by atoms with van der Waals surface area (Å²) in [6.07, 6.45) is 1.77. The molecule has 2 rings (SSSR count). The number of benzene rings is 1. The molecule has 2 N–H and O–H groups in total. The number of anilines is 1. The molecule has 2 aromatic rings. The molecule has 0 fully saturated rings. The highest BCUT2D eigenvalue weighted by Gasteiger charge is 2.23. The number of hydrogen-bond acceptors (Lipinski definition) is 4. The van der Waals surface area contributed by atoms with Gasteiger partial charge in [0.25, 0.3) is 0 Å². The average molecular weight is 326 g/mol. The third kappa shape index (κ3) is 4.80. The molecule has 1 heterocycles. The first-order chi connectivity index (χ1) is 11.5. The van der Waals surface area contributed by atoms with E-state index in [0.717, 1.165) is 22.5 Å². The standard InChI is InChI=1S/C19H26N4O/c1-14-9-10-20-17(13-14)21-11-12-22-19(24)18(23(3)4)16-8-6-5-7-15(16)2/h5-10,13,18H,11-12H2,1-4H3,(H,20,21)(H,22,24). The van der Waals surface area contributed by atoms with Crippen molar-refractivity contribution < 1.29 is 4.79 Å². The largest absolute Gasteiger partial charge is 0.368 e. The molecule has 1 atom stereocenters. The van der Waals surface area contributed by atoms with Gasteiger partial charge >= 0.3 is 0 Å². The highest BCUT2D eigenvalue weighted by molar-refractivity contribution is 5.83. The number of carbonyl (C=O) groups is 1. The van der Waals surface area contributed by atoms with Crippen molar-refractivity contribution >= 4 is 11.7 Å². The summed E-state index contributed by atoms with van der Waals surface area (Å²) in [6, 6.07) is 11.6. The van der Waals surface area contributed by atoms with Crippen LogP contribution in [0.3, 0.4) is 0 Å². The summed E-state index contributed by atoms with van der Waals surface area (Å²) in [6.45, 7) is 5.24. The van der Waals surface area contributed by atoms with Crippen LogP contribution in [0.5, 0.6) is 0 Å². The minimum absolute atomic E-state index is 0.00769. The average Bonchev–Trinajstić information content (AvgIpc) is 2.53. The van der Waals surface area contributed by atoms with Gasteiger partial charge in [-0.25, -0.2) is 4.98 Å². The molecule has 128 valence electrons. The van der Waals surface area contributed by atoms with Crippen molar-refractivity contribution in [1.29, 1.82) is 0 Å². The van der Waals surface area contributed by atoms with Gasteiger partial charge in [0.15, 0.2) is 0 Å². The van der Waals surface area contributed by atoms with Gasteiger partial charge in [0, 0.05) is 19.3 Å². The van der Waals surface area contributed by atoms with Gasteiger partial charge in [0.2, 0.25) is 5.91 Å². The van der Waals surface area contributed by atoms with E-state index in [9.17, 15) is 4.79 Å². The Balaban J connectivity index is 1.91. The number of likely N-dealkylation sites (N-methyl/N-ethyl adjacent to an activating group) is 1. The minimum Gasteiger partial charge on any atom is -0.368 e. The molecule has 1 aromatic heterocycles. The molecule has 5 heteroatoms. The number of carbonyl (C=O) groups excluding carboxylic acids is 1. The molecule has 0 saturated carbocycles. The molecule has 1 amide bonds. The summed E-state index contributed by atoms with van der Waals surface area (Å²) >= 11 is 0. The minimum atomic E-state index is -0.289. The van der Waals surface area contributed by atoms with Crippen LogP contribution >= 0.6 is 0 Å². The van der Waals surface area contributed by atoms with Gasteiger partial charge in [0.1, 0.15) is 11.9 Å². The maximum absolute atomic E-state index is 12.6. The summed E-state index contributed by atoms with van der Waals surface area (Å²) in [5.41, 5.74) is 3.31. The highest BCUT2D eigenvalue weighted by atomic mass is 16.2. The summed E-state index contributed by atoms with van der Waals surface area (Å²) in [5, 5.41) is 6.22. The Morgan fingerprint density at radius 1 is 1.17 bits per heavy atom. The highest BCUT2D eigenvalue weighted by Crippen LogP contribution is 2.21. The van der Waals surface area contributed by atoms with E-state index in [1.54, 1.807) is 6.20 Å². The zero-order valence-electron chi connectivity index (χ0n) is 14.8. The second-order valence-corrected chi connectivity index (χ2v) is 6.16. The van der Waals surface area contributed by atoms with Crippen LogP contribution in [0.25, 0.3) is 0 Å². The number of nitrogens with one attached hydrogen (secondary N) is 2. The molecular weight excluding hydrogens is 300 g/mol. The van der Waals surface area contributed by atoms with Crippen molar-refractivity contribution in [2.24, 2.45) is 0 Å². The van der Waals surface area contributed by atoms with Crippen molar-refractivity contribution in [2.45, 2.75) is 19.9 Å². The van der Waals surface area contributed by atoms with Crippen molar-refractivity contribution in [1.82, 2.24) is 15.2 Å². The number of aryl methyl sites for hydroxylation is 2. The van der Waals surface area contributed by atoms with Gasteiger partial charge in [-0.1, -0.05) is 24.3 Å². The van der Waals surface area contributed by atoms with E-state index < -0.39 is 0 Å². The van der Waals surface area contributed by atoms with Crippen LogP contribution in [0.2, 0.25) is 0 Å². The molecule has 1 unspecified atom stereocenters. The number of aromatic nitrogens is 1. The Kier molecular flexibility index (Phi) is 6.32. The lowest BCUT2D eigenvalue weighted by Crippen LogP contribution is -2.39. The third-order valence-corrected chi connectivity index (χ3v) is 3.89. The lowest BCUT2D eigenvalue weighted by molar-refractivity contribution is -0.125. The Bertz CT molecular complexity index is 685. The first-order valence-electron chi connectivity index (χ1n) is 8.15. The molecule has 0 aliphatic heterocycles. The van der Waals surface area contributed by atoms with Crippen molar-refractivity contribution in [3.05, 3.63) is 59.3 Å². The molecule has 24 heavy (non-hydrogen) atoms. The monoisotopic (exact) mass is 326 g/mol. The Morgan fingerprint density at radius 2 is 1.92 bits per heavy atom. The van der Waals surface area contributed by atoms with E-state index in [0.29, 0.717) is 13.1 Å². The molecule has 0 bridgehead atoms. The quantitative estimate of drug-likeness (QED) is 0.768. The van der Waals surface area contributed by atoms with E-state index in [-0.39, 0.29) is 11.9 Å². The number of nitrogens with zero attached hydrogens (tertiary/aromatic N) is 2. The van der Waals surface area contributed by atoms with E-state index in [1.807, 2.05) is 69.2 Å². The second kappa shape index (κ2) is 8.45. The summed E-state index contributed by atoms with van der Waals surface area (Å²) < 4.78 is 0. The van der Waals surface area contributed by atoms with Gasteiger partial charge in [-0.2, -0.15) is 0 Å². The van der Waals surface area contributed by atoms with Gasteiger partial charge in [0.05, 0.1) is 0 Å². The summed E-state index contributed by atoms with van der Waals surface area (Å²) in [4.78, 5) is 18.8.